The van der Waals surface area contributed by atoms with Crippen molar-refractivity contribution in [3.63, 3.8) is 0 Å². The van der Waals surface area contributed by atoms with E-state index in [4.69, 9.17) is 5.11 Å². The molecule has 0 spiro atoms. The first-order valence-corrected chi connectivity index (χ1v) is 6.31. The lowest BCUT2D eigenvalue weighted by atomic mass is 10.0. The molecule has 0 aliphatic carbocycles. The van der Waals surface area contributed by atoms with Crippen LogP contribution in [0, 0.1) is 5.92 Å². The molecule has 0 fully saturated rings. The fourth-order valence-electron chi connectivity index (χ4n) is 1.56. The minimum absolute atomic E-state index is 0.279. The first kappa shape index (κ1) is 14.3. The fraction of sp³-hybridized carbons (Fsp3) is 1.00. The SMILES string of the molecule is CCCN(CCO)CCC(C)CCS. The van der Waals surface area contributed by atoms with E-state index in [2.05, 4.69) is 31.4 Å². The van der Waals surface area contributed by atoms with Crippen LogP contribution in [0.1, 0.15) is 33.1 Å². The van der Waals surface area contributed by atoms with E-state index >= 15 is 0 Å². The number of hydrogen-bond donors (Lipinski definition) is 2. The Morgan fingerprint density at radius 1 is 1.21 bits per heavy atom. The molecule has 0 saturated heterocycles. The second-order valence-corrected chi connectivity index (χ2v) is 4.42. The molecule has 0 saturated carbocycles. The molecule has 0 bridgehead atoms. The maximum absolute atomic E-state index is 8.88. The van der Waals surface area contributed by atoms with Crippen LogP contribution >= 0.6 is 12.6 Å². The van der Waals surface area contributed by atoms with Gasteiger partial charge in [0.05, 0.1) is 6.61 Å². The van der Waals surface area contributed by atoms with Gasteiger partial charge in [0.2, 0.25) is 0 Å². The van der Waals surface area contributed by atoms with Gasteiger partial charge < -0.3 is 10.0 Å². The quantitative estimate of drug-likeness (QED) is 0.580. The van der Waals surface area contributed by atoms with Crippen LogP contribution < -0.4 is 0 Å². The number of nitrogens with zero attached hydrogens (tertiary/aromatic N) is 1. The minimum atomic E-state index is 0.279. The number of thiol groups is 1. The predicted octanol–water partition coefficient (Wildman–Crippen LogP) is 2.04. The van der Waals surface area contributed by atoms with Crippen molar-refractivity contribution in [3.8, 4) is 0 Å². The van der Waals surface area contributed by atoms with Crippen molar-refractivity contribution in [2.75, 3.05) is 32.0 Å². The van der Waals surface area contributed by atoms with Crippen LogP contribution in [0.5, 0.6) is 0 Å². The van der Waals surface area contributed by atoms with Crippen molar-refractivity contribution >= 4 is 12.6 Å². The monoisotopic (exact) mass is 219 g/mol. The highest BCUT2D eigenvalue weighted by atomic mass is 32.1. The van der Waals surface area contributed by atoms with Crippen LogP contribution in [0.15, 0.2) is 0 Å². The first-order chi connectivity index (χ1) is 6.74. The van der Waals surface area contributed by atoms with Gasteiger partial charge in [-0.3, -0.25) is 0 Å². The summed E-state index contributed by atoms with van der Waals surface area (Å²) in [6.07, 6.45) is 3.59. The van der Waals surface area contributed by atoms with E-state index < -0.39 is 0 Å². The molecular weight excluding hydrogens is 194 g/mol. The molecule has 14 heavy (non-hydrogen) atoms. The molecule has 0 aromatic rings. The summed E-state index contributed by atoms with van der Waals surface area (Å²) in [7, 11) is 0. The van der Waals surface area contributed by atoms with Crippen LogP contribution in [-0.2, 0) is 0 Å². The highest BCUT2D eigenvalue weighted by molar-refractivity contribution is 7.80. The number of aliphatic hydroxyl groups is 1. The van der Waals surface area contributed by atoms with Crippen LogP contribution in [0.3, 0.4) is 0 Å². The zero-order valence-corrected chi connectivity index (χ0v) is 10.5. The highest BCUT2D eigenvalue weighted by Crippen LogP contribution is 2.09. The largest absolute Gasteiger partial charge is 0.395 e. The van der Waals surface area contributed by atoms with Gasteiger partial charge >= 0.3 is 0 Å². The van der Waals surface area contributed by atoms with E-state index in [1.165, 1.54) is 19.3 Å². The number of aliphatic hydroxyl groups excluding tert-OH is 1. The second kappa shape index (κ2) is 9.81. The predicted molar refractivity (Wildman–Crippen MR) is 66.1 cm³/mol. The zero-order chi connectivity index (χ0) is 10.8. The molecule has 0 radical (unpaired) electrons. The van der Waals surface area contributed by atoms with Crippen LogP contribution in [0.4, 0.5) is 0 Å². The number of rotatable bonds is 9. The molecule has 3 heteroatoms. The molecule has 0 aromatic heterocycles. The lowest BCUT2D eigenvalue weighted by Gasteiger charge is -2.22. The summed E-state index contributed by atoms with van der Waals surface area (Å²) in [5.41, 5.74) is 0. The molecule has 0 aliphatic heterocycles. The molecule has 0 aromatic carbocycles. The highest BCUT2D eigenvalue weighted by Gasteiger charge is 2.06. The lowest BCUT2D eigenvalue weighted by molar-refractivity contribution is 0.187. The van der Waals surface area contributed by atoms with Crippen molar-refractivity contribution in [2.45, 2.75) is 33.1 Å². The van der Waals surface area contributed by atoms with Gasteiger partial charge in [-0.05, 0) is 44.0 Å². The van der Waals surface area contributed by atoms with E-state index in [0.717, 1.165) is 31.3 Å². The Labute approximate surface area is 94.1 Å². The fourth-order valence-corrected chi connectivity index (χ4v) is 2.00. The molecule has 2 nitrogen and oxygen atoms in total. The van der Waals surface area contributed by atoms with E-state index in [1.54, 1.807) is 0 Å². The Bertz CT molecular complexity index is 116. The maximum Gasteiger partial charge on any atom is 0.0558 e. The Morgan fingerprint density at radius 3 is 2.43 bits per heavy atom. The Morgan fingerprint density at radius 2 is 1.93 bits per heavy atom. The molecular formula is C11H25NOS. The normalized spacial score (nSPS) is 13.5. The first-order valence-electron chi connectivity index (χ1n) is 5.68. The molecule has 0 rings (SSSR count). The molecule has 86 valence electrons. The van der Waals surface area contributed by atoms with Crippen molar-refractivity contribution < 1.29 is 5.11 Å². The van der Waals surface area contributed by atoms with Gasteiger partial charge in [-0.15, -0.1) is 0 Å². The van der Waals surface area contributed by atoms with E-state index in [9.17, 15) is 0 Å². The summed E-state index contributed by atoms with van der Waals surface area (Å²) in [5, 5.41) is 8.88. The zero-order valence-electron chi connectivity index (χ0n) is 9.58. The minimum Gasteiger partial charge on any atom is -0.395 e. The van der Waals surface area contributed by atoms with Crippen LogP contribution in [0.2, 0.25) is 0 Å². The van der Waals surface area contributed by atoms with Gasteiger partial charge in [-0.25, -0.2) is 0 Å². The van der Waals surface area contributed by atoms with Crippen LogP contribution in [0.25, 0.3) is 0 Å². The van der Waals surface area contributed by atoms with E-state index in [0.29, 0.717) is 0 Å². The maximum atomic E-state index is 8.88. The van der Waals surface area contributed by atoms with E-state index in [-0.39, 0.29) is 6.61 Å². The van der Waals surface area contributed by atoms with Crippen molar-refractivity contribution in [1.82, 2.24) is 4.90 Å². The topological polar surface area (TPSA) is 23.5 Å². The smallest absolute Gasteiger partial charge is 0.0558 e. The standard InChI is InChI=1S/C11H25NOS/c1-3-6-12(8-9-13)7-4-11(2)5-10-14/h11,13-14H,3-10H2,1-2H3. The number of hydrogen-bond acceptors (Lipinski definition) is 3. The van der Waals surface area contributed by atoms with E-state index in [1.807, 2.05) is 0 Å². The third-order valence-electron chi connectivity index (χ3n) is 2.52. The Hall–Kier alpha value is 0.270. The van der Waals surface area contributed by atoms with Gasteiger partial charge in [-0.1, -0.05) is 13.8 Å². The Balaban J connectivity index is 3.57. The average molecular weight is 219 g/mol. The summed E-state index contributed by atoms with van der Waals surface area (Å²) < 4.78 is 0. The Kier molecular flexibility index (Phi) is 10.0. The van der Waals surface area contributed by atoms with Gasteiger partial charge in [-0.2, -0.15) is 12.6 Å². The molecule has 1 N–H and O–H groups in total. The van der Waals surface area contributed by atoms with Gasteiger partial charge in [0.1, 0.15) is 0 Å². The van der Waals surface area contributed by atoms with Gasteiger partial charge in [0, 0.05) is 6.54 Å². The van der Waals surface area contributed by atoms with Crippen molar-refractivity contribution in [2.24, 2.45) is 5.92 Å². The summed E-state index contributed by atoms with van der Waals surface area (Å²) >= 11 is 4.23. The molecule has 1 atom stereocenters. The summed E-state index contributed by atoms with van der Waals surface area (Å²) in [5.74, 6) is 1.74. The molecule has 0 amide bonds. The van der Waals surface area contributed by atoms with Crippen molar-refractivity contribution in [3.05, 3.63) is 0 Å². The third-order valence-corrected chi connectivity index (χ3v) is 2.77. The molecule has 1 unspecified atom stereocenters. The lowest BCUT2D eigenvalue weighted by Crippen LogP contribution is -2.29. The average Bonchev–Trinajstić information content (AvgIpc) is 2.15. The van der Waals surface area contributed by atoms with Crippen molar-refractivity contribution in [1.29, 1.82) is 0 Å². The summed E-state index contributed by atoms with van der Waals surface area (Å²) in [6.45, 7) is 7.78. The summed E-state index contributed by atoms with van der Waals surface area (Å²) in [6, 6.07) is 0. The van der Waals surface area contributed by atoms with Crippen LogP contribution in [-0.4, -0.2) is 42.0 Å². The van der Waals surface area contributed by atoms with Gasteiger partial charge in [0.15, 0.2) is 0 Å². The molecule has 0 aliphatic rings. The molecule has 0 heterocycles. The third kappa shape index (κ3) is 7.65. The van der Waals surface area contributed by atoms with Gasteiger partial charge in [0.25, 0.3) is 0 Å². The second-order valence-electron chi connectivity index (χ2n) is 3.97. The summed E-state index contributed by atoms with van der Waals surface area (Å²) in [4.78, 5) is 2.34.